The van der Waals surface area contributed by atoms with Crippen molar-refractivity contribution in [3.63, 3.8) is 0 Å². The normalized spacial score (nSPS) is 22.3. The molecule has 11 rings (SSSR count). The standard InChI is InChI=1S/C61H74N8O9S/c1-39(2)47-9-7-8-10-48(47)53-37-66(36-41-27-50-56(55(28-41)76-6)77-38-59(50,3)4)25-26-68(53)44-32-61(33-44)20-23-67(24-21-61)43-11-13-49(54(30-43)78-45-29-42-17-22-62-57(42)64-35-45)58(70)65-79(74,75)46-12-14-51(52(31-46)69(72)73)63-34-40-15-18-60(5,71)19-16-40/h7-14,17,22,27-31,35,39-40,44,53,63,71H,15-16,18-21,23-26,32-34,36-38H2,1-6H3,(H,62,64)(H,65,70)/t40-,53-,60-/m0/s1. The Bertz CT molecular complexity index is 3370. The van der Waals surface area contributed by atoms with Gasteiger partial charge in [-0.3, -0.25) is 24.7 Å². The molecule has 4 fully saturated rings. The van der Waals surface area contributed by atoms with Gasteiger partial charge in [-0.2, -0.15) is 0 Å². The van der Waals surface area contributed by atoms with E-state index < -0.39 is 37.0 Å². The maximum absolute atomic E-state index is 14.2. The zero-order valence-corrected chi connectivity index (χ0v) is 47.0. The fourth-order valence-electron chi connectivity index (χ4n) is 13.1. The molecule has 0 bridgehead atoms. The molecule has 2 saturated carbocycles. The molecule has 17 nitrogen and oxygen atoms in total. The molecule has 4 N–H and O–H groups in total. The first-order valence-electron chi connectivity index (χ1n) is 28.0. The topological polar surface area (TPSA) is 205 Å². The van der Waals surface area contributed by atoms with Crippen LogP contribution in [-0.2, 0) is 22.0 Å². The number of aliphatic hydroxyl groups is 1. The number of H-pyrrole nitrogens is 1. The SMILES string of the molecule is COc1cc(CN2CCN(C3CC4(CCN(c5ccc(C(=O)NS(=O)(=O)c6ccc(NC[C@H]7CC[C@](C)(O)CC7)c([N+](=O)[O-])c6)c(Oc6cnc7[nH]ccc7c6)c5)CC4)C3)[C@H](c3ccccc3C(C)C)C2)cc2c1OCC2(C)C. The third-order valence-electron chi connectivity index (χ3n) is 17.8. The van der Waals surface area contributed by atoms with Gasteiger partial charge in [-0.15, -0.1) is 0 Å². The van der Waals surface area contributed by atoms with Crippen LogP contribution in [0, 0.1) is 21.4 Å². The molecule has 0 unspecified atom stereocenters. The van der Waals surface area contributed by atoms with Crippen molar-refractivity contribution in [2.45, 2.75) is 126 Å². The first-order chi connectivity index (χ1) is 37.8. The number of nitrogens with one attached hydrogen (secondary N) is 3. The maximum Gasteiger partial charge on any atom is 0.293 e. The van der Waals surface area contributed by atoms with Crippen LogP contribution in [0.3, 0.4) is 0 Å². The van der Waals surface area contributed by atoms with E-state index in [0.717, 1.165) is 106 Å². The Kier molecular flexibility index (Phi) is 14.7. The number of piperazine rings is 1. The number of benzene rings is 4. The van der Waals surface area contributed by atoms with Crippen LogP contribution in [-0.4, -0.2) is 109 Å². The van der Waals surface area contributed by atoms with Gasteiger partial charge in [0.25, 0.3) is 21.6 Å². The van der Waals surface area contributed by atoms with E-state index in [9.17, 15) is 28.4 Å². The second-order valence-electron chi connectivity index (χ2n) is 24.2. The number of carbonyl (C=O) groups excluding carboxylic acids is 1. The van der Waals surface area contributed by atoms with E-state index in [-0.39, 0.29) is 39.8 Å². The highest BCUT2D eigenvalue weighted by molar-refractivity contribution is 7.90. The predicted octanol–water partition coefficient (Wildman–Crippen LogP) is 10.8. The summed E-state index contributed by atoms with van der Waals surface area (Å²) in [6.07, 6.45) is 10.4. The van der Waals surface area contributed by atoms with Gasteiger partial charge in [-0.25, -0.2) is 18.1 Å². The number of hydrogen-bond acceptors (Lipinski definition) is 14. The number of amides is 1. The number of ether oxygens (including phenoxy) is 3. The van der Waals surface area contributed by atoms with Crippen molar-refractivity contribution < 1.29 is 37.5 Å². The molecule has 5 aliphatic rings. The minimum absolute atomic E-state index is 0.0321. The summed E-state index contributed by atoms with van der Waals surface area (Å²) < 4.78 is 48.4. The van der Waals surface area contributed by atoms with Crippen LogP contribution in [0.4, 0.5) is 17.1 Å². The van der Waals surface area contributed by atoms with E-state index in [2.05, 4.69) is 98.8 Å². The summed E-state index contributed by atoms with van der Waals surface area (Å²) in [5.74, 6) is 1.81. The lowest BCUT2D eigenvalue weighted by Crippen LogP contribution is -2.60. The smallest absolute Gasteiger partial charge is 0.293 e. The molecule has 3 aliphatic heterocycles. The molecular formula is C61H74N8O9S. The van der Waals surface area contributed by atoms with Crippen molar-refractivity contribution in [1.29, 1.82) is 0 Å². The van der Waals surface area contributed by atoms with E-state index in [1.165, 1.54) is 34.4 Å². The zero-order valence-electron chi connectivity index (χ0n) is 46.2. The predicted molar refractivity (Wildman–Crippen MR) is 305 cm³/mol. The van der Waals surface area contributed by atoms with Crippen LogP contribution in [0.25, 0.3) is 11.0 Å². The Morgan fingerprint density at radius 1 is 0.949 bits per heavy atom. The van der Waals surface area contributed by atoms with E-state index in [1.54, 1.807) is 37.7 Å². The van der Waals surface area contributed by atoms with Gasteiger partial charge in [0, 0.05) is 98.3 Å². The van der Waals surface area contributed by atoms with Crippen molar-refractivity contribution in [3.05, 3.63) is 135 Å². The molecule has 0 radical (unpaired) electrons. The van der Waals surface area contributed by atoms with Gasteiger partial charge in [0.05, 0.1) is 40.9 Å². The summed E-state index contributed by atoms with van der Waals surface area (Å²) in [6.45, 7) is 17.3. The molecule has 1 atom stereocenters. The van der Waals surface area contributed by atoms with Crippen molar-refractivity contribution in [1.82, 2.24) is 24.5 Å². The number of piperidine rings is 1. The maximum atomic E-state index is 14.2. The summed E-state index contributed by atoms with van der Waals surface area (Å²) in [5, 5.41) is 26.6. The van der Waals surface area contributed by atoms with Crippen LogP contribution in [0.15, 0.2) is 102 Å². The molecule has 1 amide bonds. The van der Waals surface area contributed by atoms with Crippen LogP contribution >= 0.6 is 0 Å². The lowest BCUT2D eigenvalue weighted by atomic mass is 9.59. The van der Waals surface area contributed by atoms with Crippen molar-refractivity contribution in [3.8, 4) is 23.0 Å². The number of hydrogen-bond donors (Lipinski definition) is 4. The molecule has 2 aromatic heterocycles. The van der Waals surface area contributed by atoms with Gasteiger partial charge in [0.1, 0.15) is 22.8 Å². The number of anilines is 2. The number of nitro benzene ring substituents is 1. The van der Waals surface area contributed by atoms with Crippen LogP contribution in [0.5, 0.6) is 23.0 Å². The number of nitrogens with zero attached hydrogens (tertiary/aromatic N) is 5. The third-order valence-corrected chi connectivity index (χ3v) is 19.1. The van der Waals surface area contributed by atoms with Gasteiger partial charge in [0.15, 0.2) is 11.5 Å². The van der Waals surface area contributed by atoms with E-state index in [4.69, 9.17) is 14.2 Å². The molecule has 4 aromatic carbocycles. The fraction of sp³-hybridized carbons (Fsp3) is 0.475. The number of sulfonamides is 1. The highest BCUT2D eigenvalue weighted by Gasteiger charge is 2.50. The second kappa shape index (κ2) is 21.4. The zero-order chi connectivity index (χ0) is 55.4. The number of carbonyl (C=O) groups is 1. The lowest BCUT2D eigenvalue weighted by molar-refractivity contribution is -0.384. The number of aromatic amines is 1. The largest absolute Gasteiger partial charge is 0.493 e. The Morgan fingerprint density at radius 3 is 2.47 bits per heavy atom. The molecule has 2 saturated heterocycles. The summed E-state index contributed by atoms with van der Waals surface area (Å²) in [4.78, 5) is 40.7. The van der Waals surface area contributed by atoms with Gasteiger partial charge in [-0.05, 0) is 141 Å². The summed E-state index contributed by atoms with van der Waals surface area (Å²) in [7, 11) is -2.87. The highest BCUT2D eigenvalue weighted by Crippen LogP contribution is 2.54. The number of aromatic nitrogens is 2. The van der Waals surface area contributed by atoms with Crippen molar-refractivity contribution in [2.24, 2.45) is 11.3 Å². The Morgan fingerprint density at radius 2 is 1.72 bits per heavy atom. The molecule has 6 aromatic rings. The minimum Gasteiger partial charge on any atom is -0.493 e. The van der Waals surface area contributed by atoms with Gasteiger partial charge >= 0.3 is 0 Å². The minimum atomic E-state index is -4.60. The molecule has 2 aliphatic carbocycles. The molecule has 5 heterocycles. The Balaban J connectivity index is 0.781. The van der Waals surface area contributed by atoms with Crippen LogP contribution in [0.1, 0.15) is 131 Å². The first-order valence-corrected chi connectivity index (χ1v) is 29.5. The third kappa shape index (κ3) is 11.3. The number of pyridine rings is 1. The van der Waals surface area contributed by atoms with Gasteiger partial charge < -0.3 is 34.5 Å². The Hall–Kier alpha value is -6.73. The first kappa shape index (κ1) is 54.2. The number of rotatable bonds is 16. The van der Waals surface area contributed by atoms with Crippen molar-refractivity contribution >= 4 is 44.0 Å². The number of fused-ring (bicyclic) bond motifs is 2. The molecule has 418 valence electrons. The van der Waals surface area contributed by atoms with Gasteiger partial charge in [-0.1, -0.05) is 52.0 Å². The lowest BCUT2D eigenvalue weighted by Gasteiger charge is -2.58. The molecule has 18 heteroatoms. The summed E-state index contributed by atoms with van der Waals surface area (Å²) in [6, 6.07) is 26.6. The monoisotopic (exact) mass is 1090 g/mol. The van der Waals surface area contributed by atoms with E-state index >= 15 is 0 Å². The van der Waals surface area contributed by atoms with E-state index in [0.29, 0.717) is 49.3 Å². The molecular weight excluding hydrogens is 1020 g/mol. The average Bonchev–Trinajstić information content (AvgIpc) is 4.08. The Labute approximate surface area is 463 Å². The van der Waals surface area contributed by atoms with Gasteiger partial charge in [0.2, 0.25) is 0 Å². The van der Waals surface area contributed by atoms with E-state index in [1.807, 2.05) is 19.1 Å². The average molecular weight is 1100 g/mol. The fourth-order valence-corrected chi connectivity index (χ4v) is 14.1. The number of nitro groups is 1. The van der Waals surface area contributed by atoms with Crippen LogP contribution < -0.4 is 29.1 Å². The molecule has 79 heavy (non-hydrogen) atoms. The summed E-state index contributed by atoms with van der Waals surface area (Å²) in [5.41, 5.74) is 5.91. The second-order valence-corrected chi connectivity index (χ2v) is 25.9. The number of methoxy groups -OCH3 is 1. The quantitative estimate of drug-likeness (QED) is 0.0526. The van der Waals surface area contributed by atoms with Crippen molar-refractivity contribution in [2.75, 3.05) is 63.2 Å². The van der Waals surface area contributed by atoms with Crippen LogP contribution in [0.2, 0.25) is 0 Å². The summed E-state index contributed by atoms with van der Waals surface area (Å²) >= 11 is 0. The highest BCUT2D eigenvalue weighted by atomic mass is 32.2. The molecule has 1 spiro atoms.